The van der Waals surface area contributed by atoms with Crippen molar-refractivity contribution in [1.82, 2.24) is 0 Å². The summed E-state index contributed by atoms with van der Waals surface area (Å²) in [4.78, 5) is 7.26. The van der Waals surface area contributed by atoms with Crippen LogP contribution in [-0.2, 0) is 11.8 Å². The van der Waals surface area contributed by atoms with Gasteiger partial charge in [-0.05, 0) is 46.4 Å². The number of hydrogen-bond donors (Lipinski definition) is 1. The van der Waals surface area contributed by atoms with Crippen molar-refractivity contribution < 1.29 is 4.92 Å². The van der Waals surface area contributed by atoms with E-state index in [9.17, 15) is 10.1 Å². The van der Waals surface area contributed by atoms with Gasteiger partial charge in [0.05, 0.1) is 4.92 Å². The van der Waals surface area contributed by atoms with E-state index in [0.29, 0.717) is 5.69 Å². The van der Waals surface area contributed by atoms with E-state index in [1.807, 2.05) is 0 Å². The topological polar surface area (TPSA) is 55.2 Å². The molecule has 0 atom stereocenters. The lowest BCUT2D eigenvalue weighted by Crippen LogP contribution is -1.89. The fourth-order valence-electron chi connectivity index (χ4n) is 0.808. The molecule has 0 unspecified atom stereocenters. The Labute approximate surface area is 95.0 Å². The molecule has 1 rings (SSSR count). The van der Waals surface area contributed by atoms with Crippen molar-refractivity contribution in [3.05, 3.63) is 34.4 Å². The molecule has 1 aromatic carbocycles. The van der Waals surface area contributed by atoms with Crippen LogP contribution < -0.4 is 5.09 Å². The Hall–Kier alpha value is -0.350. The lowest BCUT2D eigenvalue weighted by molar-refractivity contribution is -0.384. The minimum Gasteiger partial charge on any atom is -0.335 e. The maximum absolute atomic E-state index is 10.3. The van der Waals surface area contributed by atoms with Gasteiger partial charge in [-0.25, -0.2) is 0 Å². The monoisotopic (exact) mass is 270 g/mol. The molecule has 0 fully saturated rings. The number of halogens is 2. The first-order valence-electron chi connectivity index (χ1n) is 3.40. The van der Waals surface area contributed by atoms with Crippen LogP contribution in [-0.4, -0.2) is 4.92 Å². The van der Waals surface area contributed by atoms with Crippen molar-refractivity contribution in [2.75, 3.05) is 5.09 Å². The summed E-state index contributed by atoms with van der Waals surface area (Å²) in [7, 11) is 0. The standard InChI is InChI=1S/C6H5Cl2N2O2PS/c7-13(8,14)9-5-1-3-6(4-2-5)10(11)12/h1-4H,(H,9,14). The van der Waals surface area contributed by atoms with E-state index in [0.717, 1.165) is 0 Å². The van der Waals surface area contributed by atoms with Crippen LogP contribution in [0.3, 0.4) is 0 Å². The number of benzene rings is 1. The predicted octanol–water partition coefficient (Wildman–Crippen LogP) is 3.71. The molecule has 0 aliphatic heterocycles. The number of nitro groups is 1. The van der Waals surface area contributed by atoms with Crippen LogP contribution in [0.15, 0.2) is 24.3 Å². The molecule has 4 nitrogen and oxygen atoms in total. The Balaban J connectivity index is 2.84. The van der Waals surface area contributed by atoms with Gasteiger partial charge in [-0.15, -0.1) is 0 Å². The smallest absolute Gasteiger partial charge is 0.269 e. The number of anilines is 1. The molecule has 0 aliphatic rings. The maximum Gasteiger partial charge on any atom is 0.269 e. The fourth-order valence-corrected chi connectivity index (χ4v) is 2.16. The van der Waals surface area contributed by atoms with Crippen molar-refractivity contribution in [2.45, 2.75) is 0 Å². The number of hydrogen-bond acceptors (Lipinski definition) is 3. The van der Waals surface area contributed by atoms with Gasteiger partial charge in [0.1, 0.15) is 0 Å². The van der Waals surface area contributed by atoms with E-state index < -0.39 is 9.82 Å². The Bertz CT molecular complexity index is 391. The molecule has 0 radical (unpaired) electrons. The first-order valence-corrected chi connectivity index (χ1v) is 8.02. The number of rotatable bonds is 3. The third-order valence-electron chi connectivity index (χ3n) is 1.34. The molecule has 0 heterocycles. The molecule has 0 amide bonds. The normalized spacial score (nSPS) is 11.0. The molecule has 0 aliphatic carbocycles. The second kappa shape index (κ2) is 4.45. The molecule has 76 valence electrons. The van der Waals surface area contributed by atoms with Crippen LogP contribution in [0.25, 0.3) is 0 Å². The van der Waals surface area contributed by atoms with E-state index in [-0.39, 0.29) is 5.69 Å². The highest BCUT2D eigenvalue weighted by atomic mass is 35.9. The van der Waals surface area contributed by atoms with E-state index in [1.54, 1.807) is 0 Å². The van der Waals surface area contributed by atoms with Crippen LogP contribution in [0.2, 0.25) is 0 Å². The van der Waals surface area contributed by atoms with Crippen LogP contribution in [0.1, 0.15) is 0 Å². The zero-order valence-corrected chi connectivity index (χ0v) is 9.91. The molecule has 1 N–H and O–H groups in total. The maximum atomic E-state index is 10.3. The van der Waals surface area contributed by atoms with E-state index in [1.165, 1.54) is 24.3 Å². The van der Waals surface area contributed by atoms with Crippen molar-refractivity contribution in [3.8, 4) is 0 Å². The van der Waals surface area contributed by atoms with Gasteiger partial charge >= 0.3 is 0 Å². The molecule has 0 aromatic heterocycles. The molecule has 8 heteroatoms. The third kappa shape index (κ3) is 3.80. The summed E-state index contributed by atoms with van der Waals surface area (Å²) in [5.41, 5.74) is 0.580. The second-order valence-corrected chi connectivity index (χ2v) is 9.93. The highest BCUT2D eigenvalue weighted by Gasteiger charge is 2.09. The van der Waals surface area contributed by atoms with Crippen molar-refractivity contribution >= 4 is 50.6 Å². The van der Waals surface area contributed by atoms with Gasteiger partial charge in [0.15, 0.2) is 0 Å². The molecule has 0 spiro atoms. The van der Waals surface area contributed by atoms with Gasteiger partial charge in [0.2, 0.25) is 4.89 Å². The molecular formula is C6H5Cl2N2O2PS. The highest BCUT2D eigenvalue weighted by Crippen LogP contribution is 2.56. The van der Waals surface area contributed by atoms with Crippen LogP contribution >= 0.6 is 27.4 Å². The van der Waals surface area contributed by atoms with Gasteiger partial charge in [-0.1, -0.05) is 0 Å². The van der Waals surface area contributed by atoms with Gasteiger partial charge < -0.3 is 5.09 Å². The molecule has 0 saturated carbocycles. The van der Waals surface area contributed by atoms with Crippen molar-refractivity contribution in [2.24, 2.45) is 0 Å². The van der Waals surface area contributed by atoms with Crippen molar-refractivity contribution in [3.63, 3.8) is 0 Å². The van der Waals surface area contributed by atoms with Crippen molar-refractivity contribution in [1.29, 1.82) is 0 Å². The number of non-ortho nitro benzene ring substituents is 1. The quantitative estimate of drug-likeness (QED) is 0.517. The van der Waals surface area contributed by atoms with Gasteiger partial charge in [0.25, 0.3) is 5.69 Å². The second-order valence-electron chi connectivity index (χ2n) is 2.38. The predicted molar refractivity (Wildman–Crippen MR) is 62.7 cm³/mol. The van der Waals surface area contributed by atoms with E-state index >= 15 is 0 Å². The lowest BCUT2D eigenvalue weighted by atomic mass is 10.3. The summed E-state index contributed by atoms with van der Waals surface area (Å²) in [6, 6.07) is 5.70. The minimum atomic E-state index is -2.57. The van der Waals surface area contributed by atoms with Gasteiger partial charge in [0, 0.05) is 17.8 Å². The van der Waals surface area contributed by atoms with E-state index in [4.69, 9.17) is 34.3 Å². The van der Waals surface area contributed by atoms with Crippen LogP contribution in [0.5, 0.6) is 0 Å². The summed E-state index contributed by atoms with van der Waals surface area (Å²) in [5.74, 6) is 0. The first-order chi connectivity index (χ1) is 6.38. The summed E-state index contributed by atoms with van der Waals surface area (Å²) >= 11 is 16.0. The minimum absolute atomic E-state index is 0.00740. The molecule has 0 bridgehead atoms. The summed E-state index contributed by atoms with van der Waals surface area (Å²) in [6.07, 6.45) is 0. The lowest BCUT2D eigenvalue weighted by Gasteiger charge is -2.08. The Morgan fingerprint density at radius 2 is 1.86 bits per heavy atom. The number of nitro benzene ring substituents is 1. The largest absolute Gasteiger partial charge is 0.335 e. The first kappa shape index (κ1) is 11.7. The average molecular weight is 271 g/mol. The average Bonchev–Trinajstić information content (AvgIpc) is 2.02. The summed E-state index contributed by atoms with van der Waals surface area (Å²) in [5, 5.41) is 13.0. The Kier molecular flexibility index (Phi) is 3.72. The fraction of sp³-hybridized carbons (Fsp3) is 0. The summed E-state index contributed by atoms with van der Waals surface area (Å²) < 4.78 is 0. The summed E-state index contributed by atoms with van der Waals surface area (Å²) in [6.45, 7) is 0. The molecule has 14 heavy (non-hydrogen) atoms. The number of nitrogens with zero attached hydrogens (tertiary/aromatic N) is 1. The SMILES string of the molecule is O=[N+]([O-])c1ccc(NP(=S)(Cl)Cl)cc1. The van der Waals surface area contributed by atoms with Crippen LogP contribution in [0.4, 0.5) is 11.4 Å². The van der Waals surface area contributed by atoms with Gasteiger partial charge in [-0.2, -0.15) is 0 Å². The zero-order chi connectivity index (χ0) is 10.8. The molecule has 0 saturated heterocycles. The highest BCUT2D eigenvalue weighted by molar-refractivity contribution is 8.39. The zero-order valence-electron chi connectivity index (χ0n) is 6.68. The molecular weight excluding hydrogens is 266 g/mol. The van der Waals surface area contributed by atoms with Gasteiger partial charge in [-0.3, -0.25) is 10.1 Å². The third-order valence-corrected chi connectivity index (χ3v) is 2.64. The van der Waals surface area contributed by atoms with Crippen LogP contribution in [0, 0.1) is 10.1 Å². The van der Waals surface area contributed by atoms with E-state index in [2.05, 4.69) is 5.09 Å². The number of nitrogens with one attached hydrogen (secondary N) is 1. The Morgan fingerprint density at radius 3 is 2.21 bits per heavy atom. The Morgan fingerprint density at radius 1 is 1.36 bits per heavy atom. The molecule has 1 aromatic rings.